The third-order valence-electron chi connectivity index (χ3n) is 2.32. The fraction of sp³-hybridized carbons (Fsp3) is 0.222. The molecule has 6 heteroatoms. The Kier molecular flexibility index (Phi) is 1.94. The molecule has 1 aromatic carbocycles. The van der Waals surface area contributed by atoms with E-state index in [1.807, 2.05) is 0 Å². The Bertz CT molecular complexity index is 421. The van der Waals surface area contributed by atoms with Gasteiger partial charge in [0.1, 0.15) is 0 Å². The zero-order valence-corrected chi connectivity index (χ0v) is 7.54. The Morgan fingerprint density at radius 2 is 2.00 bits per heavy atom. The van der Waals surface area contributed by atoms with Crippen molar-refractivity contribution in [2.45, 2.75) is 5.60 Å². The van der Waals surface area contributed by atoms with Crippen molar-refractivity contribution in [2.75, 3.05) is 6.61 Å². The minimum atomic E-state index is -1.28. The van der Waals surface area contributed by atoms with E-state index in [0.717, 1.165) is 0 Å². The van der Waals surface area contributed by atoms with Gasteiger partial charge in [-0.2, -0.15) is 0 Å². The molecule has 1 N–H and O–H groups in total. The van der Waals surface area contributed by atoms with Crippen molar-refractivity contribution in [1.29, 1.82) is 0 Å². The predicted octanol–water partition coefficient (Wildman–Crippen LogP) is 0.905. The Labute approximate surface area is 84.2 Å². The van der Waals surface area contributed by atoms with E-state index in [1.54, 1.807) is 0 Å². The lowest BCUT2D eigenvalue weighted by molar-refractivity contribution is -0.384. The summed E-state index contributed by atoms with van der Waals surface area (Å²) in [4.78, 5) is 20.7. The van der Waals surface area contributed by atoms with Gasteiger partial charge < -0.3 is 9.84 Å². The molecule has 0 radical (unpaired) electrons. The molecule has 0 saturated carbocycles. The number of carbonyl (C=O) groups is 1. The van der Waals surface area contributed by atoms with Gasteiger partial charge in [-0.1, -0.05) is 0 Å². The van der Waals surface area contributed by atoms with Crippen LogP contribution in [0.25, 0.3) is 0 Å². The lowest BCUT2D eigenvalue weighted by atomic mass is 10.0. The van der Waals surface area contributed by atoms with Gasteiger partial charge in [0.05, 0.1) is 11.5 Å². The SMILES string of the molecule is O=C(O)C1(c2ccc([N+](=O)[O-])cc2)CO1. The lowest BCUT2D eigenvalue weighted by Crippen LogP contribution is -2.21. The molecule has 0 amide bonds. The summed E-state index contributed by atoms with van der Waals surface area (Å²) >= 11 is 0. The number of hydrogen-bond acceptors (Lipinski definition) is 4. The first kappa shape index (κ1) is 9.60. The largest absolute Gasteiger partial charge is 0.479 e. The van der Waals surface area contributed by atoms with Gasteiger partial charge in [-0.3, -0.25) is 10.1 Å². The zero-order chi connectivity index (χ0) is 11.1. The minimum Gasteiger partial charge on any atom is -0.479 e. The Balaban J connectivity index is 2.32. The molecule has 1 heterocycles. The maximum Gasteiger partial charge on any atom is 0.343 e. The van der Waals surface area contributed by atoms with Crippen LogP contribution >= 0.6 is 0 Å². The van der Waals surface area contributed by atoms with Crippen molar-refractivity contribution in [2.24, 2.45) is 0 Å². The number of nitro benzene ring substituents is 1. The Hall–Kier alpha value is -1.95. The van der Waals surface area contributed by atoms with Crippen LogP contribution in [0.1, 0.15) is 5.56 Å². The molecular weight excluding hydrogens is 202 g/mol. The number of epoxide rings is 1. The highest BCUT2D eigenvalue weighted by Crippen LogP contribution is 2.39. The van der Waals surface area contributed by atoms with E-state index < -0.39 is 16.5 Å². The highest BCUT2D eigenvalue weighted by atomic mass is 16.6. The number of hydrogen-bond donors (Lipinski definition) is 1. The van der Waals surface area contributed by atoms with Crippen molar-refractivity contribution in [3.8, 4) is 0 Å². The second-order valence-electron chi connectivity index (χ2n) is 3.22. The summed E-state index contributed by atoms with van der Waals surface area (Å²) in [5.41, 5.74) is -0.921. The normalized spacial score (nSPS) is 23.5. The smallest absolute Gasteiger partial charge is 0.343 e. The monoisotopic (exact) mass is 209 g/mol. The summed E-state index contributed by atoms with van der Waals surface area (Å²) in [6.45, 7) is 0.111. The molecule has 1 atom stereocenters. The minimum absolute atomic E-state index is 0.0695. The summed E-state index contributed by atoms with van der Waals surface area (Å²) in [5, 5.41) is 19.2. The maximum absolute atomic E-state index is 10.8. The quantitative estimate of drug-likeness (QED) is 0.453. The van der Waals surface area contributed by atoms with Crippen LogP contribution in [0.5, 0.6) is 0 Å². The van der Waals surface area contributed by atoms with Crippen LogP contribution in [0.15, 0.2) is 24.3 Å². The summed E-state index contributed by atoms with van der Waals surface area (Å²) in [6, 6.07) is 5.34. The summed E-state index contributed by atoms with van der Waals surface area (Å²) in [7, 11) is 0. The predicted molar refractivity (Wildman–Crippen MR) is 48.4 cm³/mol. The average molecular weight is 209 g/mol. The van der Waals surface area contributed by atoms with Crippen LogP contribution in [0.2, 0.25) is 0 Å². The van der Waals surface area contributed by atoms with Crippen LogP contribution in [-0.2, 0) is 15.1 Å². The molecule has 1 unspecified atom stereocenters. The van der Waals surface area contributed by atoms with Crippen LogP contribution in [0.3, 0.4) is 0 Å². The maximum atomic E-state index is 10.8. The van der Waals surface area contributed by atoms with E-state index in [1.165, 1.54) is 24.3 Å². The molecule has 0 bridgehead atoms. The van der Waals surface area contributed by atoms with Crippen LogP contribution < -0.4 is 0 Å². The topological polar surface area (TPSA) is 93.0 Å². The fourth-order valence-corrected chi connectivity index (χ4v) is 1.34. The van der Waals surface area contributed by atoms with E-state index in [-0.39, 0.29) is 12.3 Å². The standard InChI is InChI=1S/C9H7NO5/c11-8(12)9(5-15-9)6-1-3-7(4-2-6)10(13)14/h1-4H,5H2,(H,11,12). The number of nitrogens with zero attached hydrogens (tertiary/aromatic N) is 1. The number of aliphatic carboxylic acids is 1. The van der Waals surface area contributed by atoms with Crippen molar-refractivity contribution < 1.29 is 19.6 Å². The first-order valence-corrected chi connectivity index (χ1v) is 4.18. The Morgan fingerprint density at radius 3 is 2.33 bits per heavy atom. The molecule has 1 saturated heterocycles. The molecular formula is C9H7NO5. The number of rotatable bonds is 3. The van der Waals surface area contributed by atoms with Crippen molar-refractivity contribution in [3.63, 3.8) is 0 Å². The molecule has 6 nitrogen and oxygen atoms in total. The van der Waals surface area contributed by atoms with Gasteiger partial charge in [-0.15, -0.1) is 0 Å². The van der Waals surface area contributed by atoms with E-state index in [4.69, 9.17) is 9.84 Å². The first-order valence-electron chi connectivity index (χ1n) is 4.18. The van der Waals surface area contributed by atoms with Gasteiger partial charge in [0, 0.05) is 12.1 Å². The lowest BCUT2D eigenvalue weighted by Gasteiger charge is -2.05. The molecule has 1 aliphatic rings. The van der Waals surface area contributed by atoms with E-state index >= 15 is 0 Å². The molecule has 0 aromatic heterocycles. The van der Waals surface area contributed by atoms with Crippen molar-refractivity contribution in [1.82, 2.24) is 0 Å². The molecule has 15 heavy (non-hydrogen) atoms. The van der Waals surface area contributed by atoms with Gasteiger partial charge in [0.2, 0.25) is 5.60 Å². The fourth-order valence-electron chi connectivity index (χ4n) is 1.34. The van der Waals surface area contributed by atoms with Crippen molar-refractivity contribution in [3.05, 3.63) is 39.9 Å². The molecule has 1 fully saturated rings. The number of carboxylic acids is 1. The third kappa shape index (κ3) is 1.44. The van der Waals surface area contributed by atoms with E-state index in [0.29, 0.717) is 5.56 Å². The molecule has 78 valence electrons. The van der Waals surface area contributed by atoms with E-state index in [9.17, 15) is 14.9 Å². The third-order valence-corrected chi connectivity index (χ3v) is 2.32. The van der Waals surface area contributed by atoms with Crippen LogP contribution in [0, 0.1) is 10.1 Å². The molecule has 0 aliphatic carbocycles. The number of carboxylic acid groups (broad SMARTS) is 1. The summed E-state index contributed by atoms with van der Waals surface area (Å²) < 4.78 is 4.87. The highest BCUT2D eigenvalue weighted by molar-refractivity contribution is 5.82. The number of ether oxygens (including phenoxy) is 1. The van der Waals surface area contributed by atoms with Crippen LogP contribution in [0.4, 0.5) is 5.69 Å². The van der Waals surface area contributed by atoms with Gasteiger partial charge in [0.15, 0.2) is 0 Å². The molecule has 1 aromatic rings. The zero-order valence-electron chi connectivity index (χ0n) is 7.54. The molecule has 0 spiro atoms. The summed E-state index contributed by atoms with van der Waals surface area (Å²) in [5.74, 6) is -1.07. The molecule has 1 aliphatic heterocycles. The second-order valence-corrected chi connectivity index (χ2v) is 3.22. The molecule has 2 rings (SSSR count). The van der Waals surface area contributed by atoms with Crippen LogP contribution in [-0.4, -0.2) is 22.6 Å². The van der Waals surface area contributed by atoms with E-state index in [2.05, 4.69) is 0 Å². The van der Waals surface area contributed by atoms with Gasteiger partial charge in [0.25, 0.3) is 5.69 Å². The number of non-ortho nitro benzene ring substituents is 1. The number of nitro groups is 1. The van der Waals surface area contributed by atoms with Crippen molar-refractivity contribution >= 4 is 11.7 Å². The second kappa shape index (κ2) is 3.03. The highest BCUT2D eigenvalue weighted by Gasteiger charge is 2.54. The first-order chi connectivity index (χ1) is 7.06. The number of benzene rings is 1. The van der Waals surface area contributed by atoms with Gasteiger partial charge >= 0.3 is 5.97 Å². The van der Waals surface area contributed by atoms with Gasteiger partial charge in [-0.25, -0.2) is 4.79 Å². The van der Waals surface area contributed by atoms with Gasteiger partial charge in [-0.05, 0) is 17.7 Å². The average Bonchev–Trinajstić information content (AvgIpc) is 2.98. The Morgan fingerprint density at radius 1 is 1.47 bits per heavy atom. The summed E-state index contributed by atoms with van der Waals surface area (Å²) in [6.07, 6.45) is 0.